The molecule has 0 unspecified atom stereocenters. The number of rotatable bonds is 0. The van der Waals surface area contributed by atoms with Gasteiger partial charge >= 0.3 is 0 Å². The Balaban J connectivity index is 1.68. The van der Waals surface area contributed by atoms with E-state index < -0.39 is 10.8 Å². The van der Waals surface area contributed by atoms with Gasteiger partial charge in [-0.2, -0.15) is 0 Å². The SMILES string of the molecule is C#CC#CC12c3ccccc3C(C#CC#Cc3cccc(Cl)c3Cl)(c3ccccc31)c1ccccc12. The van der Waals surface area contributed by atoms with E-state index in [9.17, 15) is 0 Å². The first-order chi connectivity index (χ1) is 17.6. The molecule has 4 aromatic carbocycles. The third-order valence-electron chi connectivity index (χ3n) is 6.99. The van der Waals surface area contributed by atoms with Crippen molar-refractivity contribution in [3.05, 3.63) is 140 Å². The predicted molar refractivity (Wildman–Crippen MR) is 147 cm³/mol. The Morgan fingerprint density at radius 1 is 0.528 bits per heavy atom. The van der Waals surface area contributed by atoms with E-state index in [2.05, 4.69) is 77.8 Å². The molecule has 0 saturated carbocycles. The zero-order chi connectivity index (χ0) is 24.8. The summed E-state index contributed by atoms with van der Waals surface area (Å²) in [6, 6.07) is 30.5. The summed E-state index contributed by atoms with van der Waals surface area (Å²) in [5.74, 6) is 21.8. The molecule has 0 aliphatic heterocycles. The molecule has 0 amide bonds. The Morgan fingerprint density at radius 2 is 0.972 bits per heavy atom. The van der Waals surface area contributed by atoms with Gasteiger partial charge in [-0.05, 0) is 69.2 Å². The van der Waals surface area contributed by atoms with Crippen LogP contribution in [0.3, 0.4) is 0 Å². The lowest BCUT2D eigenvalue weighted by Crippen LogP contribution is -2.49. The van der Waals surface area contributed by atoms with E-state index >= 15 is 0 Å². The minimum Gasteiger partial charge on any atom is -0.106 e. The molecule has 36 heavy (non-hydrogen) atoms. The average molecular weight is 495 g/mol. The van der Waals surface area contributed by atoms with Crippen molar-refractivity contribution < 1.29 is 0 Å². The normalized spacial score (nSPS) is 19.5. The molecular weight excluding hydrogens is 479 g/mol. The largest absolute Gasteiger partial charge is 0.108 e. The lowest BCUT2D eigenvalue weighted by Gasteiger charge is -2.52. The predicted octanol–water partition coefficient (Wildman–Crippen LogP) is 6.98. The Kier molecular flexibility index (Phi) is 5.19. The monoisotopic (exact) mass is 494 g/mol. The Labute approximate surface area is 221 Å². The molecule has 2 heteroatoms. The van der Waals surface area contributed by atoms with Gasteiger partial charge in [0.1, 0.15) is 10.8 Å². The molecule has 0 atom stereocenters. The summed E-state index contributed by atoms with van der Waals surface area (Å²) in [4.78, 5) is 0. The maximum Gasteiger partial charge on any atom is 0.108 e. The van der Waals surface area contributed by atoms with E-state index in [1.54, 1.807) is 6.07 Å². The van der Waals surface area contributed by atoms with Crippen molar-refractivity contribution in [2.45, 2.75) is 10.8 Å². The molecule has 0 radical (unpaired) electrons. The van der Waals surface area contributed by atoms with Crippen LogP contribution in [0.5, 0.6) is 0 Å². The van der Waals surface area contributed by atoms with Gasteiger partial charge in [-0.3, -0.25) is 0 Å². The van der Waals surface area contributed by atoms with Crippen LogP contribution in [0.25, 0.3) is 0 Å². The first kappa shape index (κ1) is 22.2. The van der Waals surface area contributed by atoms with Gasteiger partial charge in [-0.1, -0.05) is 120 Å². The maximum absolute atomic E-state index is 6.33. The van der Waals surface area contributed by atoms with Gasteiger partial charge in [0.2, 0.25) is 0 Å². The average Bonchev–Trinajstić information content (AvgIpc) is 2.93. The van der Waals surface area contributed by atoms with Crippen molar-refractivity contribution >= 4 is 23.2 Å². The first-order valence-electron chi connectivity index (χ1n) is 11.4. The molecule has 3 aliphatic carbocycles. The number of benzene rings is 4. The molecule has 0 spiro atoms. The molecule has 0 heterocycles. The summed E-state index contributed by atoms with van der Waals surface area (Å²) in [6.45, 7) is 0. The van der Waals surface area contributed by atoms with Gasteiger partial charge in [-0.15, -0.1) is 6.42 Å². The van der Waals surface area contributed by atoms with Crippen molar-refractivity contribution in [2.24, 2.45) is 0 Å². The van der Waals surface area contributed by atoms with Gasteiger partial charge in [-0.25, -0.2) is 0 Å². The van der Waals surface area contributed by atoms with Gasteiger partial charge in [0.05, 0.1) is 10.0 Å². The minimum atomic E-state index is -0.698. The smallest absolute Gasteiger partial charge is 0.106 e. The number of terminal acetylenes is 1. The fourth-order valence-corrected chi connectivity index (χ4v) is 5.99. The van der Waals surface area contributed by atoms with Crippen LogP contribution >= 0.6 is 23.2 Å². The van der Waals surface area contributed by atoms with E-state index in [4.69, 9.17) is 29.6 Å². The highest BCUT2D eigenvalue weighted by Gasteiger charge is 2.57. The highest BCUT2D eigenvalue weighted by atomic mass is 35.5. The highest BCUT2D eigenvalue weighted by Crippen LogP contribution is 2.61. The van der Waals surface area contributed by atoms with Crippen LogP contribution in [0.15, 0.2) is 91.0 Å². The van der Waals surface area contributed by atoms with Gasteiger partial charge in [0.15, 0.2) is 0 Å². The molecule has 0 fully saturated rings. The van der Waals surface area contributed by atoms with E-state index in [1.165, 1.54) is 0 Å². The zero-order valence-electron chi connectivity index (χ0n) is 19.0. The Hall–Kier alpha value is -4.30. The minimum absolute atomic E-state index is 0.430. The van der Waals surface area contributed by atoms with Crippen LogP contribution in [0, 0.1) is 47.9 Å². The van der Waals surface area contributed by atoms with E-state index in [0.717, 1.165) is 33.4 Å². The van der Waals surface area contributed by atoms with Crippen LogP contribution in [0.1, 0.15) is 38.9 Å². The van der Waals surface area contributed by atoms with Gasteiger partial charge in [0.25, 0.3) is 0 Å². The summed E-state index contributed by atoms with van der Waals surface area (Å²) in [7, 11) is 0. The summed E-state index contributed by atoms with van der Waals surface area (Å²) >= 11 is 12.5. The zero-order valence-corrected chi connectivity index (χ0v) is 20.5. The second-order valence-corrected chi connectivity index (χ2v) is 9.42. The quantitative estimate of drug-likeness (QED) is 0.231. The van der Waals surface area contributed by atoms with Crippen LogP contribution in [-0.2, 0) is 10.8 Å². The number of hydrogen-bond donors (Lipinski definition) is 0. The topological polar surface area (TPSA) is 0 Å². The van der Waals surface area contributed by atoms with Crippen molar-refractivity contribution in [1.29, 1.82) is 0 Å². The standard InChI is InChI=1S/C34H16Cl2/c1-2-3-22-33-25-15-4-7-18-28(25)34(29-19-8-5-16-26(29)33,30-20-9-6-17-27(30)33)23-11-10-13-24-14-12-21-31(35)32(24)36/h1,4-9,12,14-21H. The second kappa shape index (κ2) is 8.42. The molecular formula is C34H16Cl2. The lowest BCUT2D eigenvalue weighted by atomic mass is 9.47. The van der Waals surface area contributed by atoms with Crippen LogP contribution in [0.4, 0.5) is 0 Å². The molecule has 0 N–H and O–H groups in total. The number of hydrogen-bond acceptors (Lipinski definition) is 0. The summed E-state index contributed by atoms with van der Waals surface area (Å²) in [5, 5.41) is 0.899. The Bertz CT molecular complexity index is 1680. The molecule has 4 aromatic rings. The maximum atomic E-state index is 6.33. The fourth-order valence-electron chi connectivity index (χ4n) is 5.64. The van der Waals surface area contributed by atoms with Gasteiger partial charge < -0.3 is 0 Å². The molecule has 0 aromatic heterocycles. The lowest BCUT2D eigenvalue weighted by molar-refractivity contribution is 0.606. The fraction of sp³-hybridized carbons (Fsp3) is 0.0588. The van der Waals surface area contributed by atoms with Crippen molar-refractivity contribution in [1.82, 2.24) is 0 Å². The van der Waals surface area contributed by atoms with E-state index in [0.29, 0.717) is 15.6 Å². The third kappa shape index (κ3) is 2.91. The molecule has 3 aliphatic rings. The van der Waals surface area contributed by atoms with Crippen LogP contribution < -0.4 is 0 Å². The molecule has 7 rings (SSSR count). The van der Waals surface area contributed by atoms with Crippen molar-refractivity contribution in [2.75, 3.05) is 0 Å². The highest BCUT2D eigenvalue weighted by molar-refractivity contribution is 6.42. The second-order valence-electron chi connectivity index (χ2n) is 8.63. The molecule has 0 saturated heterocycles. The third-order valence-corrected chi connectivity index (χ3v) is 7.81. The molecule has 166 valence electrons. The summed E-state index contributed by atoms with van der Waals surface area (Å²) < 4.78 is 0. The van der Waals surface area contributed by atoms with E-state index in [-0.39, 0.29) is 0 Å². The number of halogens is 2. The summed E-state index contributed by atoms with van der Waals surface area (Å²) in [6.07, 6.45) is 5.63. The van der Waals surface area contributed by atoms with Crippen LogP contribution in [0.2, 0.25) is 10.0 Å². The molecule has 2 bridgehead atoms. The first-order valence-corrected chi connectivity index (χ1v) is 12.1. The summed E-state index contributed by atoms with van der Waals surface area (Å²) in [5.41, 5.74) is 5.89. The van der Waals surface area contributed by atoms with Crippen molar-refractivity contribution in [3.8, 4) is 47.9 Å². The molecule has 0 nitrogen and oxygen atoms in total. The van der Waals surface area contributed by atoms with Crippen molar-refractivity contribution in [3.63, 3.8) is 0 Å². The van der Waals surface area contributed by atoms with Crippen LogP contribution in [-0.4, -0.2) is 0 Å². The Morgan fingerprint density at radius 3 is 1.42 bits per heavy atom. The van der Waals surface area contributed by atoms with Gasteiger partial charge in [0, 0.05) is 5.56 Å². The van der Waals surface area contributed by atoms with E-state index in [1.807, 2.05) is 48.5 Å².